The third kappa shape index (κ3) is 5.95. The van der Waals surface area contributed by atoms with Gasteiger partial charge in [-0.3, -0.25) is 0 Å². The first kappa shape index (κ1) is 29.1. The first-order valence-electron chi connectivity index (χ1n) is 25.1. The molecule has 2 nitrogen and oxygen atoms in total. The highest BCUT2D eigenvalue weighted by Gasteiger charge is 2.51. The molecule has 0 saturated heterocycles. The van der Waals surface area contributed by atoms with Gasteiger partial charge in [0.15, 0.2) is 0 Å². The quantitative estimate of drug-likeness (QED) is 0.151. The Hall–Kier alpha value is -8.20. The Morgan fingerprint density at radius 1 is 0.254 bits per heavy atom. The Balaban J connectivity index is 0.992. The summed E-state index contributed by atoms with van der Waals surface area (Å²) in [6.07, 6.45) is 0. The van der Waals surface area contributed by atoms with Crippen molar-refractivity contribution in [2.45, 2.75) is 5.41 Å². The molecule has 0 N–H and O–H groups in total. The van der Waals surface area contributed by atoms with Crippen molar-refractivity contribution in [1.82, 2.24) is 0 Å². The van der Waals surface area contributed by atoms with Gasteiger partial charge in [0.05, 0.1) is 16.4 Å². The molecule has 2 heteroatoms. The molecule has 10 aromatic rings. The van der Waals surface area contributed by atoms with E-state index < -0.39 is 41.7 Å². The molecular weight excluding hydrogens is 761 g/mol. The van der Waals surface area contributed by atoms with Gasteiger partial charge < -0.3 is 9.80 Å². The molecule has 10 aromatic carbocycles. The van der Waals surface area contributed by atoms with Crippen molar-refractivity contribution in [3.05, 3.63) is 277 Å². The van der Waals surface area contributed by atoms with E-state index in [1.54, 1.807) is 17.0 Å². The minimum absolute atomic E-state index is 0.0151. The van der Waals surface area contributed by atoms with E-state index in [9.17, 15) is 11.0 Å². The van der Waals surface area contributed by atoms with Crippen LogP contribution in [0.15, 0.2) is 255 Å². The second kappa shape index (κ2) is 15.1. The molecule has 0 fully saturated rings. The lowest BCUT2D eigenvalue weighted by Gasteiger charge is -2.32. The largest absolute Gasteiger partial charge is 0.311 e. The summed E-state index contributed by atoms with van der Waals surface area (Å²) in [5, 5.41) is 0. The predicted octanol–water partition coefficient (Wildman–Crippen LogP) is 16.3. The molecule has 0 aliphatic heterocycles. The number of para-hydroxylation sites is 3. The van der Waals surface area contributed by atoms with Crippen molar-refractivity contribution in [2.75, 3.05) is 9.80 Å². The molecule has 0 amide bonds. The van der Waals surface area contributed by atoms with Gasteiger partial charge >= 0.3 is 0 Å². The third-order valence-corrected chi connectivity index (χ3v) is 12.4. The van der Waals surface area contributed by atoms with Gasteiger partial charge in [-0.2, -0.15) is 0 Å². The molecule has 0 radical (unpaired) electrons. The number of nitrogens with zero attached hydrogens (tertiary/aromatic N) is 2. The molecule has 0 bridgehead atoms. The third-order valence-electron chi connectivity index (χ3n) is 12.4. The van der Waals surface area contributed by atoms with E-state index in [1.807, 2.05) is 109 Å². The van der Waals surface area contributed by atoms with E-state index in [-0.39, 0.29) is 34.5 Å². The maximum atomic E-state index is 9.72. The molecule has 0 saturated carbocycles. The van der Waals surface area contributed by atoms with Crippen molar-refractivity contribution in [3.8, 4) is 44.5 Å². The van der Waals surface area contributed by atoms with Gasteiger partial charge in [-0.1, -0.05) is 182 Å². The zero-order valence-corrected chi connectivity index (χ0v) is 34.0. The number of hydrogen-bond acceptors (Lipinski definition) is 2. The van der Waals surface area contributed by atoms with Crippen LogP contribution in [-0.4, -0.2) is 0 Å². The van der Waals surface area contributed by atoms with E-state index in [0.29, 0.717) is 16.9 Å². The van der Waals surface area contributed by atoms with Crippen LogP contribution in [-0.2, 0) is 5.41 Å². The highest BCUT2D eigenvalue weighted by Crippen LogP contribution is 2.63. The van der Waals surface area contributed by atoms with Gasteiger partial charge in [-0.15, -0.1) is 0 Å². The second-order valence-corrected chi connectivity index (χ2v) is 15.8. The highest BCUT2D eigenvalue weighted by molar-refractivity contribution is 5.96. The van der Waals surface area contributed by atoms with E-state index in [2.05, 4.69) is 89.8 Å². The van der Waals surface area contributed by atoms with E-state index in [0.717, 1.165) is 61.6 Å². The average Bonchev–Trinajstić information content (AvgIpc) is 3.88. The molecular formula is C61H42N2. The SMILES string of the molecule is [2H]c1c([2H])c(-c2c([2H])c([2H])c(N(c3ccccc3)c3ccc4c(c3)C3(c5ccccc5-c5ccccc53)c3ccccc3-4)c([2H])c2[2H])c([2H])c([2H])c1-c1ccc(N(c2ccccc2)c2ccccc2)cc1. The van der Waals surface area contributed by atoms with Crippen LogP contribution in [0, 0.1) is 0 Å². The summed E-state index contributed by atoms with van der Waals surface area (Å²) in [6.45, 7) is 0. The van der Waals surface area contributed by atoms with Crippen LogP contribution in [0.4, 0.5) is 34.1 Å². The van der Waals surface area contributed by atoms with Gasteiger partial charge in [0.1, 0.15) is 0 Å². The van der Waals surface area contributed by atoms with Gasteiger partial charge in [0.25, 0.3) is 0 Å². The van der Waals surface area contributed by atoms with Crippen LogP contribution < -0.4 is 9.80 Å². The summed E-state index contributed by atoms with van der Waals surface area (Å²) in [5.41, 5.74) is 12.1. The van der Waals surface area contributed by atoms with Crippen LogP contribution in [0.2, 0.25) is 0 Å². The van der Waals surface area contributed by atoms with Crippen LogP contribution in [0.1, 0.15) is 33.2 Å². The van der Waals surface area contributed by atoms with Gasteiger partial charge in [0.2, 0.25) is 0 Å². The van der Waals surface area contributed by atoms with E-state index >= 15 is 0 Å². The number of anilines is 6. The summed E-state index contributed by atoms with van der Waals surface area (Å²) in [7, 11) is 0. The Kier molecular flexibility index (Phi) is 6.96. The summed E-state index contributed by atoms with van der Waals surface area (Å²) < 4.78 is 75.9. The molecule has 0 atom stereocenters. The van der Waals surface area contributed by atoms with Gasteiger partial charge in [-0.25, -0.2) is 0 Å². The van der Waals surface area contributed by atoms with Crippen LogP contribution in [0.5, 0.6) is 0 Å². The minimum Gasteiger partial charge on any atom is -0.311 e. The average molecular weight is 811 g/mol. The first-order chi connectivity index (χ1) is 34.6. The lowest BCUT2D eigenvalue weighted by molar-refractivity contribution is 0.793. The number of rotatable bonds is 8. The summed E-state index contributed by atoms with van der Waals surface area (Å²) in [6, 6.07) is 64.7. The molecule has 0 heterocycles. The zero-order valence-electron chi connectivity index (χ0n) is 42.0. The normalized spacial score (nSPS) is 14.3. The fourth-order valence-electron chi connectivity index (χ4n) is 9.71. The Bertz CT molecular complexity index is 3590. The number of benzene rings is 10. The Morgan fingerprint density at radius 3 is 1.05 bits per heavy atom. The highest BCUT2D eigenvalue weighted by atomic mass is 15.1. The molecule has 63 heavy (non-hydrogen) atoms. The maximum Gasteiger partial charge on any atom is 0.0726 e. The van der Waals surface area contributed by atoms with Crippen molar-refractivity contribution in [2.24, 2.45) is 0 Å². The lowest BCUT2D eigenvalue weighted by Crippen LogP contribution is -2.26. The molecule has 12 rings (SSSR count). The summed E-state index contributed by atoms with van der Waals surface area (Å²) in [4.78, 5) is 3.84. The monoisotopic (exact) mass is 810 g/mol. The smallest absolute Gasteiger partial charge is 0.0726 e. The Labute approximate surface area is 380 Å². The van der Waals surface area contributed by atoms with Gasteiger partial charge in [0, 0.05) is 34.1 Å². The standard InChI is InChI=1S/C61H42N2/c1-4-16-47(17-5-1)62(48-18-6-2-7-19-48)50-36-32-45(33-37-50)43-28-30-44(31-29-43)46-34-38-51(39-35-46)63(49-20-8-3-9-21-49)52-40-41-56-55-24-12-15-27-59(55)61(60(56)42-52)57-25-13-10-22-53(57)54-23-11-14-26-58(54)61/h1-42H/i28D,29D,30D,31D,34D,35D,38D,39D. The molecule has 2 aliphatic rings. The summed E-state index contributed by atoms with van der Waals surface area (Å²) >= 11 is 0. The topological polar surface area (TPSA) is 6.48 Å². The molecule has 1 spiro atoms. The van der Waals surface area contributed by atoms with E-state index in [1.165, 1.54) is 0 Å². The zero-order chi connectivity index (χ0) is 48.7. The van der Waals surface area contributed by atoms with E-state index in [4.69, 9.17) is 0 Å². The van der Waals surface area contributed by atoms with Crippen molar-refractivity contribution < 1.29 is 11.0 Å². The fourth-order valence-corrected chi connectivity index (χ4v) is 9.71. The van der Waals surface area contributed by atoms with Crippen molar-refractivity contribution in [3.63, 3.8) is 0 Å². The van der Waals surface area contributed by atoms with Crippen LogP contribution >= 0.6 is 0 Å². The first-order valence-corrected chi connectivity index (χ1v) is 21.1. The minimum atomic E-state index is -0.675. The molecule has 0 aromatic heterocycles. The summed E-state index contributed by atoms with van der Waals surface area (Å²) in [5.74, 6) is 0. The predicted molar refractivity (Wildman–Crippen MR) is 263 cm³/mol. The maximum absolute atomic E-state index is 9.72. The molecule has 2 aliphatic carbocycles. The number of hydrogen-bond donors (Lipinski definition) is 0. The molecule has 0 unspecified atom stereocenters. The van der Waals surface area contributed by atoms with Crippen LogP contribution in [0.3, 0.4) is 0 Å². The second-order valence-electron chi connectivity index (χ2n) is 15.8. The van der Waals surface area contributed by atoms with Crippen LogP contribution in [0.25, 0.3) is 44.5 Å². The van der Waals surface area contributed by atoms with Gasteiger partial charge in [-0.05, 0) is 140 Å². The fraction of sp³-hybridized carbons (Fsp3) is 0.0164. The molecule has 296 valence electrons. The Morgan fingerprint density at radius 2 is 0.587 bits per heavy atom. The van der Waals surface area contributed by atoms with Crippen molar-refractivity contribution in [1.29, 1.82) is 0 Å². The number of fused-ring (bicyclic) bond motifs is 10. The van der Waals surface area contributed by atoms with Crippen molar-refractivity contribution >= 4 is 34.1 Å². The lowest BCUT2D eigenvalue weighted by atomic mass is 9.70.